The molecule has 2 N–H and O–H groups in total. The highest BCUT2D eigenvalue weighted by atomic mass is 35.5. The van der Waals surface area contributed by atoms with Crippen LogP contribution in [0.1, 0.15) is 41.8 Å². The fourth-order valence-electron chi connectivity index (χ4n) is 5.31. The minimum atomic E-state index is 0. The van der Waals surface area contributed by atoms with Crippen molar-refractivity contribution in [2.24, 2.45) is 0 Å². The quantitative estimate of drug-likeness (QED) is 0.356. The van der Waals surface area contributed by atoms with Crippen molar-refractivity contribution in [3.8, 4) is 11.5 Å². The molecule has 3 heterocycles. The van der Waals surface area contributed by atoms with Crippen molar-refractivity contribution < 1.29 is 14.6 Å². The summed E-state index contributed by atoms with van der Waals surface area (Å²) in [6.45, 7) is 7.75. The van der Waals surface area contributed by atoms with Crippen molar-refractivity contribution in [3.05, 3.63) is 82.5 Å². The zero-order chi connectivity index (χ0) is 28.3. The number of hydrogen-bond donors (Lipinski definition) is 2. The Hall–Kier alpha value is -3.17. The summed E-state index contributed by atoms with van der Waals surface area (Å²) in [5.41, 5.74) is 2.99. The molecular formula is C32H44ClN5O3. The van der Waals surface area contributed by atoms with Crippen molar-refractivity contribution in [1.29, 1.82) is 0 Å². The number of carbonyl (C=O) groups excluding carboxylic acids is 1. The molecule has 0 spiro atoms. The first-order valence-electron chi connectivity index (χ1n) is 13.9. The predicted molar refractivity (Wildman–Crippen MR) is 167 cm³/mol. The lowest BCUT2D eigenvalue weighted by Gasteiger charge is -2.43. The van der Waals surface area contributed by atoms with E-state index < -0.39 is 0 Å². The Morgan fingerprint density at radius 1 is 1.00 bits per heavy atom. The Morgan fingerprint density at radius 3 is 2.20 bits per heavy atom. The lowest BCUT2D eigenvalue weighted by atomic mass is 10.0. The van der Waals surface area contributed by atoms with Gasteiger partial charge in [-0.15, -0.1) is 0 Å². The smallest absolute Gasteiger partial charge is 0.171 e. The van der Waals surface area contributed by atoms with Gasteiger partial charge in [0, 0.05) is 62.1 Å². The van der Waals surface area contributed by atoms with Crippen LogP contribution in [-0.4, -0.2) is 85.6 Å². The number of aldehydes is 1. The third kappa shape index (κ3) is 9.43. The van der Waals surface area contributed by atoms with Gasteiger partial charge in [0.15, 0.2) is 17.9 Å². The first kappa shape index (κ1) is 32.3. The Kier molecular flexibility index (Phi) is 12.9. The van der Waals surface area contributed by atoms with E-state index in [-0.39, 0.29) is 13.2 Å². The topological polar surface area (TPSA) is 81.2 Å². The number of nitrogens with one attached hydrogen (secondary N) is 1. The third-order valence-electron chi connectivity index (χ3n) is 7.55. The summed E-state index contributed by atoms with van der Waals surface area (Å²) in [7, 11) is 3.62. The average Bonchev–Trinajstić information content (AvgIpc) is 3.00. The van der Waals surface area contributed by atoms with Crippen LogP contribution in [-0.2, 0) is 13.1 Å². The second-order valence-electron chi connectivity index (χ2n) is 10.3. The normalized spacial score (nSPS) is 16.3. The number of nitrogens with zero attached hydrogens (tertiary/aromatic N) is 4. The number of pyridine rings is 1. The maximum Gasteiger partial charge on any atom is 0.171 e. The molecule has 5 rings (SSSR count). The second kappa shape index (κ2) is 16.3. The zero-order valence-electron chi connectivity index (χ0n) is 23.4. The van der Waals surface area contributed by atoms with Crippen LogP contribution in [0.5, 0.6) is 11.5 Å². The molecule has 0 saturated carbocycles. The van der Waals surface area contributed by atoms with Gasteiger partial charge < -0.3 is 20.1 Å². The molecule has 0 radical (unpaired) electrons. The lowest BCUT2D eigenvalue weighted by molar-refractivity contribution is 0.0996. The van der Waals surface area contributed by atoms with Crippen molar-refractivity contribution in [3.63, 3.8) is 0 Å². The molecule has 3 aromatic rings. The van der Waals surface area contributed by atoms with Gasteiger partial charge in [0.2, 0.25) is 0 Å². The first-order chi connectivity index (χ1) is 19.5. The summed E-state index contributed by atoms with van der Waals surface area (Å²) in [5.74, 6) is 1.56. The predicted octanol–water partition coefficient (Wildman–Crippen LogP) is 5.09. The van der Waals surface area contributed by atoms with Crippen LogP contribution in [0.4, 0.5) is 5.82 Å². The van der Waals surface area contributed by atoms with Crippen LogP contribution in [0.15, 0.2) is 60.8 Å². The number of benzene rings is 2. The number of likely N-dealkylation sites (tertiary alicyclic amines) is 1. The molecule has 2 fully saturated rings. The number of ether oxygens (including phenoxy) is 1. The van der Waals surface area contributed by atoms with Gasteiger partial charge >= 0.3 is 0 Å². The highest BCUT2D eigenvalue weighted by Gasteiger charge is 2.28. The van der Waals surface area contributed by atoms with Crippen LogP contribution in [0.2, 0.25) is 5.02 Å². The van der Waals surface area contributed by atoms with Gasteiger partial charge in [-0.3, -0.25) is 14.6 Å². The average molecular weight is 582 g/mol. The summed E-state index contributed by atoms with van der Waals surface area (Å²) in [4.78, 5) is 22.3. The number of piperazine rings is 1. The number of anilines is 1. The van der Waals surface area contributed by atoms with Crippen molar-refractivity contribution >= 4 is 23.7 Å². The van der Waals surface area contributed by atoms with E-state index in [0.29, 0.717) is 23.7 Å². The Bertz CT molecular complexity index is 1190. The number of piperidine rings is 1. The van der Waals surface area contributed by atoms with E-state index in [1.165, 1.54) is 36.2 Å². The van der Waals surface area contributed by atoms with Gasteiger partial charge in [-0.05, 0) is 74.4 Å². The highest BCUT2D eigenvalue weighted by Crippen LogP contribution is 2.27. The van der Waals surface area contributed by atoms with Gasteiger partial charge in [0.05, 0.1) is 7.11 Å². The van der Waals surface area contributed by atoms with Gasteiger partial charge in [0.25, 0.3) is 0 Å². The number of methoxy groups -OCH3 is 1. The SMILES string of the molecule is C.CNCc1ccc(Cl)cc1.COc1ccc(CN2CCC(N3CCN(c4ncc(C=O)cc4O)CC3)CC2)cc1. The molecule has 2 aromatic carbocycles. The molecule has 9 heteroatoms. The van der Waals surface area contributed by atoms with E-state index in [9.17, 15) is 9.90 Å². The fraction of sp³-hybridized carbons (Fsp3) is 0.438. The number of hydrogen-bond acceptors (Lipinski definition) is 8. The summed E-state index contributed by atoms with van der Waals surface area (Å²) >= 11 is 5.69. The molecule has 1 aromatic heterocycles. The molecule has 0 unspecified atom stereocenters. The third-order valence-corrected chi connectivity index (χ3v) is 7.80. The van der Waals surface area contributed by atoms with E-state index in [0.717, 1.165) is 63.1 Å². The van der Waals surface area contributed by atoms with Crippen LogP contribution < -0.4 is 15.0 Å². The first-order valence-corrected chi connectivity index (χ1v) is 14.2. The van der Waals surface area contributed by atoms with Crippen LogP contribution in [0.25, 0.3) is 0 Å². The van der Waals surface area contributed by atoms with Crippen LogP contribution in [0.3, 0.4) is 0 Å². The summed E-state index contributed by atoms with van der Waals surface area (Å²) < 4.78 is 5.24. The molecule has 0 amide bonds. The van der Waals surface area contributed by atoms with Gasteiger partial charge in [0.1, 0.15) is 5.75 Å². The van der Waals surface area contributed by atoms with Crippen LogP contribution >= 0.6 is 11.6 Å². The highest BCUT2D eigenvalue weighted by molar-refractivity contribution is 6.30. The van der Waals surface area contributed by atoms with Crippen molar-refractivity contribution in [2.75, 3.05) is 58.3 Å². The Balaban J connectivity index is 0.000000357. The summed E-state index contributed by atoms with van der Waals surface area (Å²) in [5, 5.41) is 14.0. The van der Waals surface area contributed by atoms with Crippen molar-refractivity contribution in [2.45, 2.75) is 39.4 Å². The van der Waals surface area contributed by atoms with E-state index in [1.807, 2.05) is 43.4 Å². The lowest BCUT2D eigenvalue weighted by Crippen LogP contribution is -2.53. The maximum absolute atomic E-state index is 10.8. The molecule has 2 saturated heterocycles. The number of aromatic hydroxyl groups is 1. The number of carbonyl (C=O) groups is 1. The van der Waals surface area contributed by atoms with E-state index >= 15 is 0 Å². The Labute approximate surface area is 249 Å². The largest absolute Gasteiger partial charge is 0.504 e. The van der Waals surface area contributed by atoms with Gasteiger partial charge in [-0.25, -0.2) is 4.98 Å². The van der Waals surface area contributed by atoms with E-state index in [2.05, 4.69) is 37.1 Å². The second-order valence-corrected chi connectivity index (χ2v) is 10.7. The van der Waals surface area contributed by atoms with Crippen molar-refractivity contribution in [1.82, 2.24) is 20.1 Å². The molecule has 0 atom stereocenters. The summed E-state index contributed by atoms with van der Waals surface area (Å²) in [6.07, 6.45) is 4.60. The Morgan fingerprint density at radius 2 is 1.63 bits per heavy atom. The fourth-order valence-corrected chi connectivity index (χ4v) is 5.43. The molecule has 2 aliphatic heterocycles. The number of aromatic nitrogens is 1. The molecule has 8 nitrogen and oxygen atoms in total. The van der Waals surface area contributed by atoms with Gasteiger partial charge in [-0.2, -0.15) is 0 Å². The molecular weight excluding hydrogens is 538 g/mol. The molecule has 0 aliphatic carbocycles. The summed E-state index contributed by atoms with van der Waals surface area (Å²) in [6, 6.07) is 18.3. The van der Waals surface area contributed by atoms with E-state index in [1.54, 1.807) is 7.11 Å². The molecule has 222 valence electrons. The van der Waals surface area contributed by atoms with E-state index in [4.69, 9.17) is 16.3 Å². The zero-order valence-corrected chi connectivity index (χ0v) is 24.2. The standard InChI is InChI=1S/C23H30N4O3.C8H10ClN.CH4/c1-30-21-4-2-18(3-5-21)16-25-8-6-20(7-9-25)26-10-12-27(13-11-26)23-22(29)14-19(17-28)15-24-23;1-10-6-7-2-4-8(9)5-3-7;/h2-5,14-15,17,20,29H,6-13,16H2,1H3;2-5,10H,6H2,1H3;1H4. The number of halogens is 1. The monoisotopic (exact) mass is 581 g/mol. The molecule has 0 bridgehead atoms. The van der Waals surface area contributed by atoms with Gasteiger partial charge in [-0.1, -0.05) is 43.3 Å². The van der Waals surface area contributed by atoms with Crippen LogP contribution in [0, 0.1) is 0 Å². The maximum atomic E-state index is 10.8. The number of rotatable bonds is 8. The minimum absolute atomic E-state index is 0. The molecule has 41 heavy (non-hydrogen) atoms. The molecule has 2 aliphatic rings. The minimum Gasteiger partial charge on any atom is -0.504 e.